The molecule has 17 heavy (non-hydrogen) atoms. The van der Waals surface area contributed by atoms with E-state index >= 15 is 0 Å². The molecule has 0 saturated heterocycles. The van der Waals surface area contributed by atoms with Gasteiger partial charge in [-0.1, -0.05) is 38.8 Å². The molecule has 0 aromatic carbocycles. The van der Waals surface area contributed by atoms with Crippen molar-refractivity contribution in [3.8, 4) is 0 Å². The second kappa shape index (κ2) is 4.26. The van der Waals surface area contributed by atoms with E-state index in [1.807, 2.05) is 0 Å². The maximum atomic E-state index is 10.9. The van der Waals surface area contributed by atoms with E-state index in [4.69, 9.17) is 0 Å². The summed E-state index contributed by atoms with van der Waals surface area (Å²) in [5.74, 6) is 0.653. The third-order valence-corrected chi connectivity index (χ3v) is 5.40. The SMILES string of the molecule is C[C@H]1CC2=C(C[C@@]1(C)CC=O)C(C)(C)CCC2. The summed E-state index contributed by atoms with van der Waals surface area (Å²) >= 11 is 0. The summed E-state index contributed by atoms with van der Waals surface area (Å²) in [5.41, 5.74) is 3.98. The molecule has 2 atom stereocenters. The van der Waals surface area contributed by atoms with Crippen molar-refractivity contribution in [1.82, 2.24) is 0 Å². The fourth-order valence-electron chi connectivity index (χ4n) is 3.77. The third-order valence-electron chi connectivity index (χ3n) is 5.40. The van der Waals surface area contributed by atoms with E-state index in [2.05, 4.69) is 27.7 Å². The van der Waals surface area contributed by atoms with Crippen LogP contribution in [0.4, 0.5) is 0 Å². The summed E-state index contributed by atoms with van der Waals surface area (Å²) in [6, 6.07) is 0. The lowest BCUT2D eigenvalue weighted by atomic mass is 9.57. The third kappa shape index (κ3) is 2.21. The Hall–Kier alpha value is -0.590. The Bertz CT molecular complexity index is 351. The van der Waals surface area contributed by atoms with Crippen LogP contribution < -0.4 is 0 Å². The molecule has 0 heterocycles. The first-order valence-corrected chi connectivity index (χ1v) is 7.04. The van der Waals surface area contributed by atoms with Crippen molar-refractivity contribution in [3.05, 3.63) is 11.1 Å². The molecule has 0 aliphatic heterocycles. The lowest BCUT2D eigenvalue weighted by Crippen LogP contribution is -2.36. The van der Waals surface area contributed by atoms with E-state index in [0.29, 0.717) is 11.3 Å². The fourth-order valence-corrected chi connectivity index (χ4v) is 3.77. The van der Waals surface area contributed by atoms with Crippen LogP contribution in [0, 0.1) is 16.7 Å². The van der Waals surface area contributed by atoms with Gasteiger partial charge >= 0.3 is 0 Å². The Morgan fingerprint density at radius 3 is 2.71 bits per heavy atom. The van der Waals surface area contributed by atoms with Gasteiger partial charge in [0.2, 0.25) is 0 Å². The molecule has 1 heteroatoms. The first-order valence-electron chi connectivity index (χ1n) is 7.04. The van der Waals surface area contributed by atoms with E-state index in [1.54, 1.807) is 11.1 Å². The molecule has 0 bridgehead atoms. The summed E-state index contributed by atoms with van der Waals surface area (Å²) in [6.45, 7) is 9.41. The van der Waals surface area contributed by atoms with Crippen LogP contribution in [-0.4, -0.2) is 6.29 Å². The van der Waals surface area contributed by atoms with Crippen LogP contribution in [0.2, 0.25) is 0 Å². The second-order valence-electron chi connectivity index (χ2n) is 7.13. The highest BCUT2D eigenvalue weighted by molar-refractivity contribution is 5.51. The standard InChI is InChI=1S/C16H26O/c1-12-10-13-6-5-7-15(2,3)14(13)11-16(12,4)8-9-17/h9,12H,5-8,10-11H2,1-4H3/t12-,16+/m0/s1. The van der Waals surface area contributed by atoms with Crippen LogP contribution in [0.25, 0.3) is 0 Å². The lowest BCUT2D eigenvalue weighted by Gasteiger charge is -2.47. The minimum Gasteiger partial charge on any atom is -0.303 e. The second-order valence-corrected chi connectivity index (χ2v) is 7.13. The summed E-state index contributed by atoms with van der Waals surface area (Å²) in [4.78, 5) is 10.9. The topological polar surface area (TPSA) is 17.1 Å². The van der Waals surface area contributed by atoms with E-state index in [9.17, 15) is 4.79 Å². The van der Waals surface area contributed by atoms with Gasteiger partial charge in [-0.25, -0.2) is 0 Å². The minimum atomic E-state index is 0.204. The molecule has 2 rings (SSSR count). The Balaban J connectivity index is 2.33. The Morgan fingerprint density at radius 2 is 2.06 bits per heavy atom. The molecule has 0 radical (unpaired) electrons. The summed E-state index contributed by atoms with van der Waals surface area (Å²) in [5, 5.41) is 0. The monoisotopic (exact) mass is 234 g/mol. The molecule has 2 aliphatic carbocycles. The van der Waals surface area contributed by atoms with E-state index < -0.39 is 0 Å². The molecule has 0 saturated carbocycles. The lowest BCUT2D eigenvalue weighted by molar-refractivity contribution is -0.110. The summed E-state index contributed by atoms with van der Waals surface area (Å²) in [7, 11) is 0. The first-order chi connectivity index (χ1) is 7.89. The van der Waals surface area contributed by atoms with Crippen LogP contribution in [0.5, 0.6) is 0 Å². The zero-order valence-electron chi connectivity index (χ0n) is 11.8. The van der Waals surface area contributed by atoms with Crippen molar-refractivity contribution in [3.63, 3.8) is 0 Å². The smallest absolute Gasteiger partial charge is 0.120 e. The number of aldehydes is 1. The van der Waals surface area contributed by atoms with Crippen molar-refractivity contribution in [1.29, 1.82) is 0 Å². The number of allylic oxidation sites excluding steroid dienone is 2. The predicted molar refractivity (Wildman–Crippen MR) is 71.8 cm³/mol. The van der Waals surface area contributed by atoms with Crippen molar-refractivity contribution in [2.45, 2.75) is 66.2 Å². The maximum absolute atomic E-state index is 10.9. The van der Waals surface area contributed by atoms with Crippen LogP contribution in [0.1, 0.15) is 66.2 Å². The van der Waals surface area contributed by atoms with Gasteiger partial charge in [-0.3, -0.25) is 0 Å². The van der Waals surface area contributed by atoms with Gasteiger partial charge in [-0.05, 0) is 48.9 Å². The first kappa shape index (κ1) is 12.9. The molecular formula is C16H26O. The fraction of sp³-hybridized carbons (Fsp3) is 0.812. The zero-order valence-corrected chi connectivity index (χ0v) is 11.8. The average Bonchev–Trinajstić information content (AvgIpc) is 2.22. The number of carbonyl (C=O) groups excluding carboxylic acids is 1. The van der Waals surface area contributed by atoms with Gasteiger partial charge in [0.05, 0.1) is 0 Å². The molecule has 0 amide bonds. The molecule has 0 spiro atoms. The molecule has 0 aromatic heterocycles. The highest BCUT2D eigenvalue weighted by Crippen LogP contribution is 2.54. The van der Waals surface area contributed by atoms with Gasteiger partial charge in [0.15, 0.2) is 0 Å². The summed E-state index contributed by atoms with van der Waals surface area (Å²) in [6.07, 6.45) is 8.19. The average molecular weight is 234 g/mol. The molecule has 96 valence electrons. The number of carbonyl (C=O) groups is 1. The normalized spacial score (nSPS) is 36.6. The minimum absolute atomic E-state index is 0.204. The Morgan fingerprint density at radius 1 is 1.35 bits per heavy atom. The van der Waals surface area contributed by atoms with Crippen LogP contribution in [-0.2, 0) is 4.79 Å². The van der Waals surface area contributed by atoms with E-state index in [-0.39, 0.29) is 5.41 Å². The van der Waals surface area contributed by atoms with Crippen LogP contribution >= 0.6 is 0 Å². The van der Waals surface area contributed by atoms with Crippen LogP contribution in [0.3, 0.4) is 0 Å². The molecular weight excluding hydrogens is 208 g/mol. The van der Waals surface area contributed by atoms with Crippen molar-refractivity contribution >= 4 is 6.29 Å². The van der Waals surface area contributed by atoms with Gasteiger partial charge in [-0.15, -0.1) is 0 Å². The Labute approximate surface area is 106 Å². The summed E-state index contributed by atoms with van der Waals surface area (Å²) < 4.78 is 0. The maximum Gasteiger partial charge on any atom is 0.120 e. The van der Waals surface area contributed by atoms with Gasteiger partial charge in [0.1, 0.15) is 6.29 Å². The predicted octanol–water partition coefficient (Wildman–Crippen LogP) is 4.52. The number of rotatable bonds is 2. The largest absolute Gasteiger partial charge is 0.303 e. The number of hydrogen-bond donors (Lipinski definition) is 0. The quantitative estimate of drug-likeness (QED) is 0.507. The zero-order chi connectivity index (χ0) is 12.7. The number of hydrogen-bond acceptors (Lipinski definition) is 1. The van der Waals surface area contributed by atoms with Crippen molar-refractivity contribution in [2.24, 2.45) is 16.7 Å². The van der Waals surface area contributed by atoms with Gasteiger partial charge in [-0.2, -0.15) is 0 Å². The highest BCUT2D eigenvalue weighted by Gasteiger charge is 2.42. The highest BCUT2D eigenvalue weighted by atomic mass is 16.1. The van der Waals surface area contributed by atoms with Gasteiger partial charge < -0.3 is 4.79 Å². The molecule has 1 nitrogen and oxygen atoms in total. The molecule has 0 aromatic rings. The Kier molecular flexibility index (Phi) is 3.22. The van der Waals surface area contributed by atoms with Crippen molar-refractivity contribution in [2.75, 3.05) is 0 Å². The van der Waals surface area contributed by atoms with E-state index in [1.165, 1.54) is 25.7 Å². The van der Waals surface area contributed by atoms with Crippen LogP contribution in [0.15, 0.2) is 11.1 Å². The molecule has 0 unspecified atom stereocenters. The van der Waals surface area contributed by atoms with Crippen molar-refractivity contribution < 1.29 is 4.79 Å². The van der Waals surface area contributed by atoms with Gasteiger partial charge in [0, 0.05) is 6.42 Å². The van der Waals surface area contributed by atoms with Gasteiger partial charge in [0.25, 0.3) is 0 Å². The molecule has 2 aliphatic rings. The van der Waals surface area contributed by atoms with E-state index in [0.717, 1.165) is 19.1 Å². The molecule has 0 N–H and O–H groups in total. The molecule has 0 fully saturated rings.